The Balaban J connectivity index is 2.39. The second-order valence-electron chi connectivity index (χ2n) is 5.80. The van der Waals surface area contributed by atoms with Crippen molar-refractivity contribution in [2.24, 2.45) is 10.9 Å². The van der Waals surface area contributed by atoms with E-state index < -0.39 is 10.0 Å². The van der Waals surface area contributed by atoms with Crippen molar-refractivity contribution >= 4 is 16.0 Å². The molecule has 0 aromatic rings. The van der Waals surface area contributed by atoms with Crippen LogP contribution in [-0.4, -0.2) is 71.5 Å². The van der Waals surface area contributed by atoms with Gasteiger partial charge in [-0.1, -0.05) is 0 Å². The van der Waals surface area contributed by atoms with Crippen LogP contribution in [0.25, 0.3) is 0 Å². The molecule has 1 rings (SSSR count). The Morgan fingerprint density at radius 1 is 1.30 bits per heavy atom. The molecule has 136 valence electrons. The molecule has 1 heterocycles. The van der Waals surface area contributed by atoms with E-state index in [-0.39, 0.29) is 5.75 Å². The minimum atomic E-state index is -3.14. The summed E-state index contributed by atoms with van der Waals surface area (Å²) in [5.41, 5.74) is 0. The lowest BCUT2D eigenvalue weighted by atomic mass is 9.96. The number of aliphatic imine (C=N–C) groups is 1. The van der Waals surface area contributed by atoms with E-state index in [4.69, 9.17) is 4.74 Å². The molecule has 1 aliphatic rings. The SMILES string of the molecule is CCNC(=NCCNS(=O)(=O)CC)N(C)CCC1CCOCC1. The second-order valence-corrected chi connectivity index (χ2v) is 7.89. The van der Waals surface area contributed by atoms with Gasteiger partial charge in [0.1, 0.15) is 0 Å². The standard InChI is InChI=1S/C15H32N4O3S/c1-4-16-15(17-9-10-18-23(20,21)5-2)19(3)11-6-14-7-12-22-13-8-14/h14,18H,4-13H2,1-3H3,(H,16,17). The van der Waals surface area contributed by atoms with Crippen LogP contribution in [0.2, 0.25) is 0 Å². The average Bonchev–Trinajstić information content (AvgIpc) is 2.56. The predicted molar refractivity (Wildman–Crippen MR) is 94.2 cm³/mol. The molecule has 1 aliphatic heterocycles. The van der Waals surface area contributed by atoms with E-state index in [1.165, 1.54) is 0 Å². The van der Waals surface area contributed by atoms with Crippen LogP contribution in [-0.2, 0) is 14.8 Å². The second kappa shape index (κ2) is 10.8. The molecule has 0 unspecified atom stereocenters. The molecular weight excluding hydrogens is 316 g/mol. The Hall–Kier alpha value is -0.860. The molecule has 0 amide bonds. The van der Waals surface area contributed by atoms with E-state index in [9.17, 15) is 8.42 Å². The van der Waals surface area contributed by atoms with Crippen molar-refractivity contribution in [2.75, 3.05) is 52.2 Å². The van der Waals surface area contributed by atoms with Gasteiger partial charge < -0.3 is 15.0 Å². The van der Waals surface area contributed by atoms with Crippen LogP contribution >= 0.6 is 0 Å². The van der Waals surface area contributed by atoms with Gasteiger partial charge in [-0.15, -0.1) is 0 Å². The normalized spacial score (nSPS) is 17.3. The van der Waals surface area contributed by atoms with E-state index >= 15 is 0 Å². The molecule has 0 aliphatic carbocycles. The Kier molecular flexibility index (Phi) is 9.50. The van der Waals surface area contributed by atoms with E-state index in [1.54, 1.807) is 6.92 Å². The fraction of sp³-hybridized carbons (Fsp3) is 0.933. The minimum absolute atomic E-state index is 0.0990. The maximum absolute atomic E-state index is 11.4. The number of nitrogens with zero attached hydrogens (tertiary/aromatic N) is 2. The van der Waals surface area contributed by atoms with Gasteiger partial charge in [-0.3, -0.25) is 4.99 Å². The zero-order chi connectivity index (χ0) is 17.1. The summed E-state index contributed by atoms with van der Waals surface area (Å²) in [6.45, 7) is 7.90. The highest BCUT2D eigenvalue weighted by molar-refractivity contribution is 7.89. The highest BCUT2D eigenvalue weighted by Crippen LogP contribution is 2.18. The van der Waals surface area contributed by atoms with Crippen molar-refractivity contribution in [3.63, 3.8) is 0 Å². The van der Waals surface area contributed by atoms with E-state index in [0.717, 1.165) is 57.4 Å². The fourth-order valence-corrected chi connectivity index (χ4v) is 3.06. The summed E-state index contributed by atoms with van der Waals surface area (Å²) in [7, 11) is -1.11. The number of ether oxygens (including phenoxy) is 1. The highest BCUT2D eigenvalue weighted by atomic mass is 32.2. The summed E-state index contributed by atoms with van der Waals surface area (Å²) in [6.07, 6.45) is 3.41. The van der Waals surface area contributed by atoms with Gasteiger partial charge in [0.15, 0.2) is 5.96 Å². The molecule has 8 heteroatoms. The Morgan fingerprint density at radius 2 is 2.00 bits per heavy atom. The van der Waals surface area contributed by atoms with Gasteiger partial charge >= 0.3 is 0 Å². The summed E-state index contributed by atoms with van der Waals surface area (Å²) < 4.78 is 30.7. The van der Waals surface area contributed by atoms with Gasteiger partial charge in [0.05, 0.1) is 12.3 Å². The van der Waals surface area contributed by atoms with Gasteiger partial charge in [0, 0.05) is 39.9 Å². The van der Waals surface area contributed by atoms with Crippen molar-refractivity contribution in [3.05, 3.63) is 0 Å². The van der Waals surface area contributed by atoms with Crippen LogP contribution in [0.5, 0.6) is 0 Å². The summed E-state index contributed by atoms with van der Waals surface area (Å²) in [5, 5.41) is 3.26. The van der Waals surface area contributed by atoms with Gasteiger partial charge in [-0.25, -0.2) is 13.1 Å². The molecular formula is C15H32N4O3S. The summed E-state index contributed by atoms with van der Waals surface area (Å²) in [4.78, 5) is 6.61. The number of rotatable bonds is 9. The first kappa shape index (κ1) is 20.2. The van der Waals surface area contributed by atoms with Crippen LogP contribution < -0.4 is 10.0 Å². The number of hydrogen-bond acceptors (Lipinski definition) is 4. The summed E-state index contributed by atoms with van der Waals surface area (Å²) in [5.74, 6) is 1.66. The molecule has 0 atom stereocenters. The monoisotopic (exact) mass is 348 g/mol. The molecule has 0 aromatic carbocycles. The molecule has 2 N–H and O–H groups in total. The molecule has 1 saturated heterocycles. The first-order chi connectivity index (χ1) is 11.0. The Bertz CT molecular complexity index is 448. The maximum Gasteiger partial charge on any atom is 0.211 e. The van der Waals surface area contributed by atoms with Crippen molar-refractivity contribution in [1.29, 1.82) is 0 Å². The third kappa shape index (κ3) is 8.53. The average molecular weight is 349 g/mol. The van der Waals surface area contributed by atoms with Crippen LogP contribution in [0, 0.1) is 5.92 Å². The molecule has 0 saturated carbocycles. The van der Waals surface area contributed by atoms with Crippen LogP contribution in [0.15, 0.2) is 4.99 Å². The fourth-order valence-electron chi connectivity index (χ4n) is 2.45. The molecule has 7 nitrogen and oxygen atoms in total. The van der Waals surface area contributed by atoms with Gasteiger partial charge in [0.25, 0.3) is 0 Å². The minimum Gasteiger partial charge on any atom is -0.381 e. The lowest BCUT2D eigenvalue weighted by Gasteiger charge is -2.26. The van der Waals surface area contributed by atoms with Crippen molar-refractivity contribution in [1.82, 2.24) is 14.9 Å². The third-order valence-electron chi connectivity index (χ3n) is 3.99. The van der Waals surface area contributed by atoms with Crippen LogP contribution in [0.1, 0.15) is 33.1 Å². The number of guanidine groups is 1. The summed E-state index contributed by atoms with van der Waals surface area (Å²) >= 11 is 0. The number of nitrogens with one attached hydrogen (secondary N) is 2. The summed E-state index contributed by atoms with van der Waals surface area (Å²) in [6, 6.07) is 0. The molecule has 0 aromatic heterocycles. The Labute approximate surface area is 140 Å². The largest absolute Gasteiger partial charge is 0.381 e. The molecule has 0 bridgehead atoms. The van der Waals surface area contributed by atoms with Crippen molar-refractivity contribution in [2.45, 2.75) is 33.1 Å². The maximum atomic E-state index is 11.4. The molecule has 23 heavy (non-hydrogen) atoms. The molecule has 0 radical (unpaired) electrons. The lowest BCUT2D eigenvalue weighted by molar-refractivity contribution is 0.0625. The smallest absolute Gasteiger partial charge is 0.211 e. The lowest BCUT2D eigenvalue weighted by Crippen LogP contribution is -2.40. The van der Waals surface area contributed by atoms with Crippen LogP contribution in [0.4, 0.5) is 0 Å². The molecule has 1 fully saturated rings. The zero-order valence-corrected chi connectivity index (χ0v) is 15.5. The van der Waals surface area contributed by atoms with Crippen molar-refractivity contribution < 1.29 is 13.2 Å². The quantitative estimate of drug-likeness (QED) is 0.363. The van der Waals surface area contributed by atoms with Gasteiger partial charge in [-0.2, -0.15) is 0 Å². The van der Waals surface area contributed by atoms with Crippen LogP contribution in [0.3, 0.4) is 0 Å². The third-order valence-corrected chi connectivity index (χ3v) is 5.39. The van der Waals surface area contributed by atoms with E-state index in [2.05, 4.69) is 19.9 Å². The predicted octanol–water partition coefficient (Wildman–Crippen LogP) is 0.640. The highest BCUT2D eigenvalue weighted by Gasteiger charge is 2.15. The first-order valence-corrected chi connectivity index (χ1v) is 10.2. The Morgan fingerprint density at radius 3 is 2.61 bits per heavy atom. The number of hydrogen-bond donors (Lipinski definition) is 2. The first-order valence-electron chi connectivity index (χ1n) is 8.53. The van der Waals surface area contributed by atoms with Gasteiger partial charge in [0.2, 0.25) is 10.0 Å². The van der Waals surface area contributed by atoms with E-state index in [1.807, 2.05) is 14.0 Å². The zero-order valence-electron chi connectivity index (χ0n) is 14.7. The van der Waals surface area contributed by atoms with Crippen molar-refractivity contribution in [3.8, 4) is 0 Å². The topological polar surface area (TPSA) is 83.0 Å². The molecule has 0 spiro atoms. The van der Waals surface area contributed by atoms with E-state index in [0.29, 0.717) is 13.1 Å². The van der Waals surface area contributed by atoms with Gasteiger partial charge in [-0.05, 0) is 39.0 Å². The number of sulfonamides is 1.